The first kappa shape index (κ1) is 25.8. The number of methoxy groups -OCH3 is 1. The maximum absolute atomic E-state index is 13.5. The van der Waals surface area contributed by atoms with E-state index in [1.54, 1.807) is 24.1 Å². The van der Waals surface area contributed by atoms with Crippen LogP contribution in [0.1, 0.15) is 43.4 Å². The summed E-state index contributed by atoms with van der Waals surface area (Å²) in [6.45, 7) is 2.77. The molecule has 1 unspecified atom stereocenters. The summed E-state index contributed by atoms with van der Waals surface area (Å²) in [5, 5.41) is 3.04. The molecule has 6 heteroatoms. The Labute approximate surface area is 207 Å². The number of carbonyl (C=O) groups is 2. The molecule has 3 aromatic carbocycles. The largest absolute Gasteiger partial charge is 0.497 e. The number of ether oxygens (including phenoxy) is 2. The van der Waals surface area contributed by atoms with Crippen LogP contribution in [0.2, 0.25) is 0 Å². The summed E-state index contributed by atoms with van der Waals surface area (Å²) in [6.07, 6.45) is 3.00. The van der Waals surface area contributed by atoms with Gasteiger partial charge in [-0.2, -0.15) is 0 Å². The van der Waals surface area contributed by atoms with Crippen LogP contribution < -0.4 is 14.8 Å². The monoisotopic (exact) mass is 474 g/mol. The Hall–Kier alpha value is -3.80. The fraction of sp³-hybridized carbons (Fsp3) is 0.310. The first-order valence-corrected chi connectivity index (χ1v) is 12.0. The number of carbonyl (C=O) groups excluding carboxylic acids is 2. The van der Waals surface area contributed by atoms with Gasteiger partial charge in [0.2, 0.25) is 5.91 Å². The highest BCUT2D eigenvalue weighted by atomic mass is 16.5. The highest BCUT2D eigenvalue weighted by Gasteiger charge is 2.31. The zero-order chi connectivity index (χ0) is 24.9. The van der Waals surface area contributed by atoms with Crippen LogP contribution in [-0.4, -0.2) is 37.0 Å². The summed E-state index contributed by atoms with van der Waals surface area (Å²) in [4.78, 5) is 28.6. The van der Waals surface area contributed by atoms with Crippen molar-refractivity contribution in [2.24, 2.45) is 0 Å². The Balaban J connectivity index is 1.88. The number of amides is 2. The van der Waals surface area contributed by atoms with Crippen molar-refractivity contribution in [1.29, 1.82) is 0 Å². The third-order valence-electron chi connectivity index (χ3n) is 5.69. The van der Waals surface area contributed by atoms with E-state index in [-0.39, 0.29) is 25.0 Å². The van der Waals surface area contributed by atoms with E-state index in [1.165, 1.54) is 0 Å². The molecule has 0 bridgehead atoms. The molecule has 184 valence electrons. The van der Waals surface area contributed by atoms with Crippen molar-refractivity contribution in [3.63, 3.8) is 0 Å². The van der Waals surface area contributed by atoms with Crippen LogP contribution in [0.4, 0.5) is 0 Å². The lowest BCUT2D eigenvalue weighted by molar-refractivity contribution is -0.143. The molecular weight excluding hydrogens is 440 g/mol. The van der Waals surface area contributed by atoms with Gasteiger partial charge < -0.3 is 19.7 Å². The predicted molar refractivity (Wildman–Crippen MR) is 137 cm³/mol. The van der Waals surface area contributed by atoms with E-state index in [1.807, 2.05) is 72.8 Å². The van der Waals surface area contributed by atoms with Crippen LogP contribution in [0.25, 0.3) is 0 Å². The van der Waals surface area contributed by atoms with E-state index in [0.29, 0.717) is 12.3 Å². The molecule has 0 aliphatic rings. The molecule has 35 heavy (non-hydrogen) atoms. The average molecular weight is 475 g/mol. The Morgan fingerprint density at radius 3 is 2.14 bits per heavy atom. The number of nitrogens with zero attached hydrogens (tertiary/aromatic N) is 1. The number of hydrogen-bond donors (Lipinski definition) is 1. The topological polar surface area (TPSA) is 67.9 Å². The third kappa shape index (κ3) is 7.88. The highest BCUT2D eigenvalue weighted by molar-refractivity contribution is 5.89. The molecule has 1 atom stereocenters. The van der Waals surface area contributed by atoms with Crippen molar-refractivity contribution < 1.29 is 19.1 Å². The van der Waals surface area contributed by atoms with Crippen LogP contribution in [0.15, 0.2) is 84.9 Å². The normalized spacial score (nSPS) is 11.4. The second kappa shape index (κ2) is 13.8. The van der Waals surface area contributed by atoms with E-state index >= 15 is 0 Å². The minimum Gasteiger partial charge on any atom is -0.497 e. The van der Waals surface area contributed by atoms with Gasteiger partial charge in [-0.15, -0.1) is 0 Å². The number of unbranched alkanes of at least 4 members (excludes halogenated alkanes) is 2. The fourth-order valence-electron chi connectivity index (χ4n) is 3.79. The van der Waals surface area contributed by atoms with Crippen molar-refractivity contribution in [2.75, 3.05) is 20.3 Å². The summed E-state index contributed by atoms with van der Waals surface area (Å²) in [5.74, 6) is 0.856. The van der Waals surface area contributed by atoms with Gasteiger partial charge in [0.05, 0.1) is 7.11 Å². The van der Waals surface area contributed by atoms with Crippen LogP contribution in [0.5, 0.6) is 11.5 Å². The lowest BCUT2D eigenvalue weighted by atomic mass is 10.0. The van der Waals surface area contributed by atoms with E-state index in [4.69, 9.17) is 9.47 Å². The van der Waals surface area contributed by atoms with Crippen molar-refractivity contribution in [2.45, 2.75) is 38.8 Å². The Morgan fingerprint density at radius 2 is 1.51 bits per heavy atom. The van der Waals surface area contributed by atoms with Gasteiger partial charge in [-0.3, -0.25) is 9.59 Å². The molecule has 6 nitrogen and oxygen atoms in total. The van der Waals surface area contributed by atoms with Gasteiger partial charge in [-0.25, -0.2) is 0 Å². The first-order valence-electron chi connectivity index (χ1n) is 12.0. The van der Waals surface area contributed by atoms with Gasteiger partial charge in [-0.05, 0) is 41.8 Å². The summed E-state index contributed by atoms with van der Waals surface area (Å²) in [6, 6.07) is 25.3. The van der Waals surface area contributed by atoms with Crippen molar-refractivity contribution in [3.05, 3.63) is 96.1 Å². The molecule has 0 heterocycles. The molecule has 3 aromatic rings. The molecule has 2 amide bonds. The van der Waals surface area contributed by atoms with E-state index in [0.717, 1.165) is 36.1 Å². The molecule has 0 aliphatic heterocycles. The smallest absolute Gasteiger partial charge is 0.261 e. The Kier molecular flexibility index (Phi) is 10.2. The van der Waals surface area contributed by atoms with Crippen LogP contribution in [-0.2, 0) is 16.1 Å². The summed E-state index contributed by atoms with van der Waals surface area (Å²) in [7, 11) is 1.61. The molecular formula is C29H34N2O4. The number of hydrogen-bond acceptors (Lipinski definition) is 4. The molecule has 0 saturated heterocycles. The fourth-order valence-corrected chi connectivity index (χ4v) is 3.79. The minimum atomic E-state index is -0.785. The third-order valence-corrected chi connectivity index (χ3v) is 5.69. The molecule has 0 radical (unpaired) electrons. The Bertz CT molecular complexity index is 1040. The quantitative estimate of drug-likeness (QED) is 0.348. The second-order valence-electron chi connectivity index (χ2n) is 8.28. The van der Waals surface area contributed by atoms with Gasteiger partial charge in [0, 0.05) is 13.1 Å². The van der Waals surface area contributed by atoms with E-state index in [9.17, 15) is 9.59 Å². The molecule has 0 fully saturated rings. The Morgan fingerprint density at radius 1 is 0.857 bits per heavy atom. The highest BCUT2D eigenvalue weighted by Crippen LogP contribution is 2.25. The van der Waals surface area contributed by atoms with Crippen LogP contribution in [0, 0.1) is 0 Å². The SMILES string of the molecule is CCCCCNC(=O)C(c1ccccc1)N(Cc1ccc(OC)cc1)C(=O)COc1ccccc1. The number of rotatable bonds is 13. The van der Waals surface area contributed by atoms with Crippen molar-refractivity contribution >= 4 is 11.8 Å². The van der Waals surface area contributed by atoms with Crippen molar-refractivity contribution in [1.82, 2.24) is 10.2 Å². The standard InChI is InChI=1S/C29H34N2O4/c1-3-4-11-20-30-29(33)28(24-12-7-5-8-13-24)31(21-23-16-18-25(34-2)19-17-23)27(32)22-35-26-14-9-6-10-15-26/h5-10,12-19,28H,3-4,11,20-22H2,1-2H3,(H,30,33). The predicted octanol–water partition coefficient (Wildman–Crippen LogP) is 5.15. The summed E-state index contributed by atoms with van der Waals surface area (Å²) in [5.41, 5.74) is 1.64. The molecule has 0 aliphatic carbocycles. The van der Waals surface area contributed by atoms with Crippen molar-refractivity contribution in [3.8, 4) is 11.5 Å². The first-order chi connectivity index (χ1) is 17.1. The van der Waals surface area contributed by atoms with Crippen LogP contribution >= 0.6 is 0 Å². The number of benzene rings is 3. The minimum absolute atomic E-state index is 0.174. The molecule has 0 aromatic heterocycles. The summed E-state index contributed by atoms with van der Waals surface area (Å²) >= 11 is 0. The molecule has 0 spiro atoms. The molecule has 3 rings (SSSR count). The lowest BCUT2D eigenvalue weighted by Crippen LogP contribution is -2.45. The van der Waals surface area contributed by atoms with Gasteiger partial charge >= 0.3 is 0 Å². The van der Waals surface area contributed by atoms with E-state index in [2.05, 4.69) is 12.2 Å². The zero-order valence-electron chi connectivity index (χ0n) is 20.5. The van der Waals surface area contributed by atoms with Gasteiger partial charge in [0.25, 0.3) is 5.91 Å². The van der Waals surface area contributed by atoms with Gasteiger partial charge in [-0.1, -0.05) is 80.4 Å². The zero-order valence-corrected chi connectivity index (χ0v) is 20.5. The van der Waals surface area contributed by atoms with Gasteiger partial charge in [0.1, 0.15) is 17.5 Å². The summed E-state index contributed by atoms with van der Waals surface area (Å²) < 4.78 is 11.0. The second-order valence-corrected chi connectivity index (χ2v) is 8.28. The molecule has 0 saturated carbocycles. The lowest BCUT2D eigenvalue weighted by Gasteiger charge is -2.31. The maximum atomic E-state index is 13.5. The number of para-hydroxylation sites is 1. The number of nitrogens with one attached hydrogen (secondary N) is 1. The molecule has 1 N–H and O–H groups in total. The maximum Gasteiger partial charge on any atom is 0.261 e. The van der Waals surface area contributed by atoms with E-state index < -0.39 is 6.04 Å². The van der Waals surface area contributed by atoms with Crippen LogP contribution in [0.3, 0.4) is 0 Å². The van der Waals surface area contributed by atoms with Gasteiger partial charge in [0.15, 0.2) is 6.61 Å². The average Bonchev–Trinajstić information content (AvgIpc) is 2.91.